The lowest BCUT2D eigenvalue weighted by Gasteiger charge is -2.03. The fourth-order valence-electron chi connectivity index (χ4n) is 1.25. The number of hydrogen-bond donors (Lipinski definition) is 1. The first kappa shape index (κ1) is 9.92. The monoisotopic (exact) mass is 266 g/mol. The Morgan fingerprint density at radius 1 is 1.20 bits per heavy atom. The summed E-state index contributed by atoms with van der Waals surface area (Å²) in [5, 5.41) is 0. The maximum absolute atomic E-state index is 11.4. The van der Waals surface area contributed by atoms with E-state index < -0.39 is 11.2 Å². The maximum Gasteiger partial charge on any atom is 0.332 e. The van der Waals surface area contributed by atoms with Crippen LogP contribution in [0.25, 0.3) is 5.69 Å². The third-order valence-corrected chi connectivity index (χ3v) is 2.40. The van der Waals surface area contributed by atoms with Crippen LogP contribution in [0.1, 0.15) is 0 Å². The molecule has 1 aromatic heterocycles. The van der Waals surface area contributed by atoms with E-state index in [1.54, 1.807) is 12.1 Å². The Labute approximate surface area is 93.3 Å². The molecule has 4 nitrogen and oxygen atoms in total. The van der Waals surface area contributed by atoms with Gasteiger partial charge in [-0.05, 0) is 18.2 Å². The first-order chi connectivity index (χ1) is 7.16. The lowest BCUT2D eigenvalue weighted by Crippen LogP contribution is -2.27. The standard InChI is InChI=1S/C10H7BrN2O2/c11-7-2-1-3-8(6-7)13-5-4-9(14)12-10(13)15/h1-6H,(H,12,14,15). The molecule has 0 aliphatic heterocycles. The van der Waals surface area contributed by atoms with Crippen molar-refractivity contribution in [2.24, 2.45) is 0 Å². The van der Waals surface area contributed by atoms with E-state index in [0.29, 0.717) is 5.69 Å². The van der Waals surface area contributed by atoms with Gasteiger partial charge < -0.3 is 0 Å². The minimum absolute atomic E-state index is 0.397. The van der Waals surface area contributed by atoms with Gasteiger partial charge in [0, 0.05) is 16.7 Å². The van der Waals surface area contributed by atoms with Gasteiger partial charge in [-0.1, -0.05) is 22.0 Å². The Balaban J connectivity index is 2.64. The third kappa shape index (κ3) is 2.07. The average Bonchev–Trinajstić information content (AvgIpc) is 2.17. The van der Waals surface area contributed by atoms with Gasteiger partial charge in [-0.25, -0.2) is 4.79 Å². The summed E-state index contributed by atoms with van der Waals surface area (Å²) in [6, 6.07) is 8.56. The van der Waals surface area contributed by atoms with E-state index in [0.717, 1.165) is 4.47 Å². The molecule has 0 saturated heterocycles. The molecule has 0 radical (unpaired) electrons. The second-order valence-electron chi connectivity index (χ2n) is 2.96. The van der Waals surface area contributed by atoms with Gasteiger partial charge in [0.15, 0.2) is 0 Å². The average molecular weight is 267 g/mol. The molecule has 0 amide bonds. The fourth-order valence-corrected chi connectivity index (χ4v) is 1.63. The number of rotatable bonds is 1. The highest BCUT2D eigenvalue weighted by atomic mass is 79.9. The molecule has 0 spiro atoms. The number of nitrogens with one attached hydrogen (secondary N) is 1. The molecule has 5 heteroatoms. The van der Waals surface area contributed by atoms with Crippen LogP contribution in [0.4, 0.5) is 0 Å². The molecule has 0 aliphatic rings. The number of hydrogen-bond acceptors (Lipinski definition) is 2. The van der Waals surface area contributed by atoms with Gasteiger partial charge in [0.1, 0.15) is 0 Å². The lowest BCUT2D eigenvalue weighted by molar-refractivity contribution is 0.895. The molecule has 0 saturated carbocycles. The molecular formula is C10H7BrN2O2. The largest absolute Gasteiger partial charge is 0.332 e. The molecule has 2 rings (SSSR count). The zero-order valence-electron chi connectivity index (χ0n) is 7.61. The van der Waals surface area contributed by atoms with Crippen molar-refractivity contribution in [2.75, 3.05) is 0 Å². The zero-order chi connectivity index (χ0) is 10.8. The van der Waals surface area contributed by atoms with Crippen LogP contribution in [0, 0.1) is 0 Å². The van der Waals surface area contributed by atoms with Gasteiger partial charge >= 0.3 is 5.69 Å². The number of aromatic nitrogens is 2. The Hall–Kier alpha value is -1.62. The van der Waals surface area contributed by atoms with Crippen LogP contribution in [0.5, 0.6) is 0 Å². The molecular weight excluding hydrogens is 260 g/mol. The summed E-state index contributed by atoms with van der Waals surface area (Å²) in [7, 11) is 0. The summed E-state index contributed by atoms with van der Waals surface area (Å²) < 4.78 is 2.24. The van der Waals surface area contributed by atoms with Crippen molar-refractivity contribution >= 4 is 15.9 Å². The Morgan fingerprint density at radius 2 is 2.00 bits per heavy atom. The molecule has 0 unspecified atom stereocenters. The lowest BCUT2D eigenvalue weighted by atomic mass is 10.3. The number of benzene rings is 1. The minimum Gasteiger partial charge on any atom is -0.274 e. The molecule has 0 bridgehead atoms. The number of nitrogens with zero attached hydrogens (tertiary/aromatic N) is 1. The summed E-state index contributed by atoms with van der Waals surface area (Å²) >= 11 is 3.31. The summed E-state index contributed by atoms with van der Waals surface area (Å²) in [6.45, 7) is 0. The first-order valence-electron chi connectivity index (χ1n) is 4.25. The van der Waals surface area contributed by atoms with E-state index in [1.165, 1.54) is 16.8 Å². The molecule has 0 aliphatic carbocycles. The highest BCUT2D eigenvalue weighted by molar-refractivity contribution is 9.10. The van der Waals surface area contributed by atoms with Gasteiger partial charge in [0.2, 0.25) is 0 Å². The predicted octanol–water partition coefficient (Wildman–Crippen LogP) is 1.29. The summed E-state index contributed by atoms with van der Waals surface area (Å²) in [5.74, 6) is 0. The van der Waals surface area contributed by atoms with Crippen LogP contribution < -0.4 is 11.2 Å². The topological polar surface area (TPSA) is 54.9 Å². The van der Waals surface area contributed by atoms with Crippen molar-refractivity contribution in [3.05, 3.63) is 61.8 Å². The Bertz CT molecular complexity index is 601. The van der Waals surface area contributed by atoms with E-state index in [4.69, 9.17) is 0 Å². The van der Waals surface area contributed by atoms with Crippen molar-refractivity contribution in [2.45, 2.75) is 0 Å². The molecule has 15 heavy (non-hydrogen) atoms. The molecule has 1 heterocycles. The number of aromatic amines is 1. The van der Waals surface area contributed by atoms with Crippen molar-refractivity contribution < 1.29 is 0 Å². The highest BCUT2D eigenvalue weighted by Crippen LogP contribution is 2.13. The van der Waals surface area contributed by atoms with Gasteiger partial charge in [0.05, 0.1) is 5.69 Å². The van der Waals surface area contributed by atoms with E-state index in [9.17, 15) is 9.59 Å². The molecule has 0 fully saturated rings. The van der Waals surface area contributed by atoms with Crippen LogP contribution in [0.2, 0.25) is 0 Å². The smallest absolute Gasteiger partial charge is 0.274 e. The predicted molar refractivity (Wildman–Crippen MR) is 60.4 cm³/mol. The second kappa shape index (κ2) is 3.86. The summed E-state index contributed by atoms with van der Waals surface area (Å²) in [5.41, 5.74) is -0.141. The van der Waals surface area contributed by atoms with Crippen LogP contribution in [0.3, 0.4) is 0 Å². The van der Waals surface area contributed by atoms with Crippen LogP contribution in [-0.4, -0.2) is 9.55 Å². The fraction of sp³-hybridized carbons (Fsp3) is 0. The molecule has 1 aromatic carbocycles. The van der Waals surface area contributed by atoms with Crippen LogP contribution >= 0.6 is 15.9 Å². The molecule has 2 aromatic rings. The van der Waals surface area contributed by atoms with Crippen molar-refractivity contribution in [3.63, 3.8) is 0 Å². The maximum atomic E-state index is 11.4. The molecule has 1 N–H and O–H groups in total. The zero-order valence-corrected chi connectivity index (χ0v) is 9.19. The normalized spacial score (nSPS) is 10.2. The number of halogens is 1. The van der Waals surface area contributed by atoms with Gasteiger partial charge in [-0.15, -0.1) is 0 Å². The van der Waals surface area contributed by atoms with Crippen molar-refractivity contribution in [3.8, 4) is 5.69 Å². The van der Waals surface area contributed by atoms with E-state index in [1.807, 2.05) is 12.1 Å². The van der Waals surface area contributed by atoms with Crippen LogP contribution in [-0.2, 0) is 0 Å². The van der Waals surface area contributed by atoms with E-state index >= 15 is 0 Å². The summed E-state index contributed by atoms with van der Waals surface area (Å²) in [6.07, 6.45) is 1.45. The van der Waals surface area contributed by atoms with Crippen LogP contribution in [0.15, 0.2) is 50.6 Å². The Kier molecular flexibility index (Phi) is 2.55. The molecule has 76 valence electrons. The van der Waals surface area contributed by atoms with Gasteiger partial charge in [-0.3, -0.25) is 14.3 Å². The quantitative estimate of drug-likeness (QED) is 0.846. The Morgan fingerprint density at radius 3 is 2.67 bits per heavy atom. The molecule has 0 atom stereocenters. The first-order valence-corrected chi connectivity index (χ1v) is 5.04. The van der Waals surface area contributed by atoms with Crippen molar-refractivity contribution in [1.29, 1.82) is 0 Å². The van der Waals surface area contributed by atoms with Gasteiger partial charge in [-0.2, -0.15) is 0 Å². The number of H-pyrrole nitrogens is 1. The van der Waals surface area contributed by atoms with E-state index in [2.05, 4.69) is 20.9 Å². The SMILES string of the molecule is O=c1ccn(-c2cccc(Br)c2)c(=O)[nH]1. The van der Waals surface area contributed by atoms with Gasteiger partial charge in [0.25, 0.3) is 5.56 Å². The highest BCUT2D eigenvalue weighted by Gasteiger charge is 1.99. The third-order valence-electron chi connectivity index (χ3n) is 1.91. The minimum atomic E-state index is -0.444. The second-order valence-corrected chi connectivity index (χ2v) is 3.88. The van der Waals surface area contributed by atoms with Crippen molar-refractivity contribution in [1.82, 2.24) is 9.55 Å². The van der Waals surface area contributed by atoms with E-state index in [-0.39, 0.29) is 0 Å². The summed E-state index contributed by atoms with van der Waals surface area (Å²) in [4.78, 5) is 24.5.